The maximum absolute atomic E-state index is 12.7. The van der Waals surface area contributed by atoms with Gasteiger partial charge in [0, 0.05) is 17.9 Å². The van der Waals surface area contributed by atoms with Crippen molar-refractivity contribution in [3.05, 3.63) is 53.7 Å². The number of halogens is 1. The van der Waals surface area contributed by atoms with E-state index in [-0.39, 0.29) is 0 Å². The van der Waals surface area contributed by atoms with Crippen LogP contribution in [0.15, 0.2) is 48.7 Å². The van der Waals surface area contributed by atoms with Crippen LogP contribution in [-0.2, 0) is 4.57 Å². The molecule has 1 aliphatic rings. The second kappa shape index (κ2) is 11.3. The van der Waals surface area contributed by atoms with Crippen molar-refractivity contribution in [1.29, 1.82) is 0 Å². The highest BCUT2D eigenvalue weighted by Gasteiger charge is 2.17. The van der Waals surface area contributed by atoms with Gasteiger partial charge in [0.2, 0.25) is 5.95 Å². The third-order valence-electron chi connectivity index (χ3n) is 5.78. The molecule has 8 nitrogen and oxygen atoms in total. The smallest absolute Gasteiger partial charge is 0.229 e. The summed E-state index contributed by atoms with van der Waals surface area (Å²) < 4.78 is 24.2. The molecule has 0 bridgehead atoms. The van der Waals surface area contributed by atoms with Crippen molar-refractivity contribution in [3.63, 3.8) is 0 Å². The molecule has 2 N–H and O–H groups in total. The zero-order chi connectivity index (χ0) is 24.8. The Labute approximate surface area is 211 Å². The lowest BCUT2D eigenvalue weighted by Gasteiger charge is -2.17. The van der Waals surface area contributed by atoms with E-state index in [1.807, 2.05) is 42.5 Å². The van der Waals surface area contributed by atoms with E-state index in [0.717, 1.165) is 30.7 Å². The third-order valence-corrected chi connectivity index (χ3v) is 7.60. The van der Waals surface area contributed by atoms with Crippen molar-refractivity contribution in [2.24, 2.45) is 0 Å². The number of hydrogen-bond donors (Lipinski definition) is 2. The van der Waals surface area contributed by atoms with Crippen LogP contribution >= 0.6 is 18.7 Å². The Kier molecular flexibility index (Phi) is 8.16. The van der Waals surface area contributed by atoms with Crippen LogP contribution in [0, 0.1) is 0 Å². The largest absolute Gasteiger partial charge is 0.494 e. The Morgan fingerprint density at radius 3 is 2.60 bits per heavy atom. The Morgan fingerprint density at radius 2 is 1.86 bits per heavy atom. The van der Waals surface area contributed by atoms with Crippen LogP contribution in [0.25, 0.3) is 0 Å². The maximum Gasteiger partial charge on any atom is 0.229 e. The van der Waals surface area contributed by atoms with Gasteiger partial charge in [-0.2, -0.15) is 4.98 Å². The fourth-order valence-corrected chi connectivity index (χ4v) is 5.27. The van der Waals surface area contributed by atoms with Gasteiger partial charge in [-0.25, -0.2) is 4.98 Å². The molecule has 0 aliphatic carbocycles. The molecule has 1 saturated heterocycles. The molecule has 2 heterocycles. The van der Waals surface area contributed by atoms with E-state index in [1.165, 1.54) is 19.0 Å². The summed E-state index contributed by atoms with van der Waals surface area (Å²) in [6.45, 7) is 7.31. The van der Waals surface area contributed by atoms with E-state index in [2.05, 4.69) is 25.5 Å². The van der Waals surface area contributed by atoms with Gasteiger partial charge in [0.15, 0.2) is 5.82 Å². The number of benzene rings is 2. The Balaban J connectivity index is 1.47. The molecule has 3 aromatic rings. The lowest BCUT2D eigenvalue weighted by atomic mass is 10.2. The van der Waals surface area contributed by atoms with Crippen LogP contribution < -0.4 is 25.4 Å². The Bertz CT molecular complexity index is 1210. The third kappa shape index (κ3) is 6.66. The number of anilines is 4. The molecule has 1 aromatic heterocycles. The molecule has 0 unspecified atom stereocenters. The molecule has 0 spiro atoms. The molecule has 0 saturated carbocycles. The zero-order valence-electron chi connectivity index (χ0n) is 20.3. The first-order chi connectivity index (χ1) is 16.8. The monoisotopic (exact) mass is 515 g/mol. The quantitative estimate of drug-likeness (QED) is 0.349. The van der Waals surface area contributed by atoms with Crippen LogP contribution in [0.3, 0.4) is 0 Å². The fraction of sp³-hybridized carbons (Fsp3) is 0.360. The van der Waals surface area contributed by atoms with Crippen molar-refractivity contribution in [1.82, 2.24) is 14.9 Å². The predicted octanol–water partition coefficient (Wildman–Crippen LogP) is 5.35. The van der Waals surface area contributed by atoms with Gasteiger partial charge >= 0.3 is 0 Å². The van der Waals surface area contributed by atoms with Crippen LogP contribution in [0.1, 0.15) is 12.8 Å². The minimum absolute atomic E-state index is 0.339. The van der Waals surface area contributed by atoms with E-state index in [0.29, 0.717) is 40.5 Å². The summed E-state index contributed by atoms with van der Waals surface area (Å²) in [6, 6.07) is 13.0. The molecular formula is C25H31ClN5O3P. The summed E-state index contributed by atoms with van der Waals surface area (Å²) >= 11 is 6.36. The molecule has 0 radical (unpaired) electrons. The molecule has 1 aliphatic heterocycles. The SMILES string of the molecule is COc1cc(OCCN2CCCC2)ccc1Nc1ncc(Cl)c(Nc2ccccc2P(C)(C)=O)n1. The average molecular weight is 516 g/mol. The second-order valence-corrected chi connectivity index (χ2v) is 12.4. The first-order valence-corrected chi connectivity index (χ1v) is 14.6. The van der Waals surface area contributed by atoms with Gasteiger partial charge in [-0.1, -0.05) is 23.7 Å². The van der Waals surface area contributed by atoms with Crippen molar-refractivity contribution < 1.29 is 14.0 Å². The maximum atomic E-state index is 12.7. The van der Waals surface area contributed by atoms with Gasteiger partial charge in [0.25, 0.3) is 0 Å². The number of likely N-dealkylation sites (tertiary alicyclic amines) is 1. The number of rotatable bonds is 10. The molecule has 10 heteroatoms. The normalized spacial score (nSPS) is 14.1. The summed E-state index contributed by atoms with van der Waals surface area (Å²) in [6.07, 6.45) is 4.05. The Hall–Kier alpha value is -2.80. The topological polar surface area (TPSA) is 88.6 Å². The number of ether oxygens (including phenoxy) is 2. The second-order valence-electron chi connectivity index (χ2n) is 8.77. The van der Waals surface area contributed by atoms with Crippen molar-refractivity contribution in [2.75, 3.05) is 57.3 Å². The zero-order valence-corrected chi connectivity index (χ0v) is 21.9. The van der Waals surface area contributed by atoms with E-state index in [9.17, 15) is 4.57 Å². The number of nitrogens with one attached hydrogen (secondary N) is 2. The summed E-state index contributed by atoms with van der Waals surface area (Å²) in [5.41, 5.74) is 1.39. The molecule has 0 atom stereocenters. The lowest BCUT2D eigenvalue weighted by Crippen LogP contribution is -2.25. The van der Waals surface area contributed by atoms with E-state index in [4.69, 9.17) is 21.1 Å². The minimum Gasteiger partial charge on any atom is -0.494 e. The molecule has 186 valence electrons. The molecule has 2 aromatic carbocycles. The number of methoxy groups -OCH3 is 1. The predicted molar refractivity (Wildman–Crippen MR) is 143 cm³/mol. The fourth-order valence-electron chi connectivity index (χ4n) is 3.98. The van der Waals surface area contributed by atoms with Crippen LogP contribution in [0.4, 0.5) is 23.1 Å². The van der Waals surface area contributed by atoms with Crippen molar-refractivity contribution in [3.8, 4) is 11.5 Å². The molecule has 4 rings (SSSR count). The summed E-state index contributed by atoms with van der Waals surface area (Å²) in [5, 5.41) is 7.47. The highest BCUT2D eigenvalue weighted by Crippen LogP contribution is 2.39. The van der Waals surface area contributed by atoms with Gasteiger partial charge in [0.05, 0.1) is 24.7 Å². The number of aromatic nitrogens is 2. The van der Waals surface area contributed by atoms with Crippen molar-refractivity contribution in [2.45, 2.75) is 12.8 Å². The average Bonchev–Trinajstić information content (AvgIpc) is 3.35. The van der Waals surface area contributed by atoms with Crippen LogP contribution in [-0.4, -0.2) is 61.5 Å². The van der Waals surface area contributed by atoms with Gasteiger partial charge < -0.3 is 24.7 Å². The van der Waals surface area contributed by atoms with Gasteiger partial charge in [-0.3, -0.25) is 4.90 Å². The van der Waals surface area contributed by atoms with Crippen LogP contribution in [0.5, 0.6) is 11.5 Å². The van der Waals surface area contributed by atoms with Gasteiger partial charge in [-0.05, 0) is 63.5 Å². The van der Waals surface area contributed by atoms with Crippen LogP contribution in [0.2, 0.25) is 5.02 Å². The lowest BCUT2D eigenvalue weighted by molar-refractivity contribution is 0.237. The summed E-state index contributed by atoms with van der Waals surface area (Å²) in [5.74, 6) is 2.10. The molecule has 0 amide bonds. The van der Waals surface area contributed by atoms with Gasteiger partial charge in [0.1, 0.15) is 30.3 Å². The molecule has 35 heavy (non-hydrogen) atoms. The molecule has 1 fully saturated rings. The molecular weight excluding hydrogens is 485 g/mol. The Morgan fingerprint density at radius 1 is 1.09 bits per heavy atom. The van der Waals surface area contributed by atoms with E-state index in [1.54, 1.807) is 20.4 Å². The first-order valence-electron chi connectivity index (χ1n) is 11.6. The highest BCUT2D eigenvalue weighted by atomic mass is 35.5. The summed E-state index contributed by atoms with van der Waals surface area (Å²) in [4.78, 5) is 11.2. The van der Waals surface area contributed by atoms with E-state index >= 15 is 0 Å². The number of hydrogen-bond acceptors (Lipinski definition) is 8. The highest BCUT2D eigenvalue weighted by molar-refractivity contribution is 7.70. The minimum atomic E-state index is -2.50. The standard InChI is InChI=1S/C25H31ClN5O3P/c1-33-22-16-18(34-15-14-31-12-6-7-13-31)10-11-20(22)29-25-27-17-19(26)24(30-25)28-21-8-4-5-9-23(21)35(2,3)32/h4-5,8-11,16-17H,6-7,12-15H2,1-3H3,(H2,27,28,29,30). The number of nitrogens with zero attached hydrogens (tertiary/aromatic N) is 3. The number of para-hydroxylation sites is 1. The van der Waals surface area contributed by atoms with E-state index < -0.39 is 7.14 Å². The van der Waals surface area contributed by atoms with Gasteiger partial charge in [-0.15, -0.1) is 0 Å². The summed E-state index contributed by atoms with van der Waals surface area (Å²) in [7, 11) is -0.894. The first kappa shape index (κ1) is 25.3. The van der Waals surface area contributed by atoms with Crippen molar-refractivity contribution >= 4 is 47.2 Å².